The van der Waals surface area contributed by atoms with Crippen LogP contribution in [0.2, 0.25) is 5.02 Å². The van der Waals surface area contributed by atoms with Crippen molar-refractivity contribution >= 4 is 28.8 Å². The minimum absolute atomic E-state index is 0.00770. The molecule has 4 atom stereocenters. The summed E-state index contributed by atoms with van der Waals surface area (Å²) in [6, 6.07) is 1.56. The topological polar surface area (TPSA) is 95.0 Å². The van der Waals surface area contributed by atoms with Gasteiger partial charge in [0, 0.05) is 37.0 Å². The van der Waals surface area contributed by atoms with Crippen molar-refractivity contribution in [2.24, 2.45) is 0 Å². The van der Waals surface area contributed by atoms with E-state index in [1.165, 1.54) is 0 Å². The average molecular weight is 486 g/mol. The first-order valence-corrected chi connectivity index (χ1v) is 11.9. The van der Waals surface area contributed by atoms with Gasteiger partial charge in [-0.3, -0.25) is 9.20 Å². The van der Waals surface area contributed by atoms with Crippen LogP contribution in [-0.4, -0.2) is 56.6 Å². The summed E-state index contributed by atoms with van der Waals surface area (Å²) in [5.41, 5.74) is 8.12. The van der Waals surface area contributed by atoms with Gasteiger partial charge in [-0.15, -0.1) is 0 Å². The van der Waals surface area contributed by atoms with Gasteiger partial charge in [-0.1, -0.05) is 11.6 Å². The second-order valence-electron chi connectivity index (χ2n) is 9.44. The van der Waals surface area contributed by atoms with E-state index in [2.05, 4.69) is 4.98 Å². The van der Waals surface area contributed by atoms with Gasteiger partial charge in [-0.2, -0.15) is 0 Å². The van der Waals surface area contributed by atoms with Gasteiger partial charge in [-0.25, -0.2) is 14.4 Å². The molecule has 0 radical (unpaired) electrons. The van der Waals surface area contributed by atoms with Gasteiger partial charge in [0.1, 0.15) is 28.5 Å². The van der Waals surface area contributed by atoms with Gasteiger partial charge in [0.25, 0.3) is 5.91 Å². The molecule has 0 spiro atoms. The van der Waals surface area contributed by atoms with E-state index < -0.39 is 11.7 Å². The third-order valence-corrected chi connectivity index (χ3v) is 7.38. The van der Waals surface area contributed by atoms with Crippen LogP contribution in [0.1, 0.15) is 59.5 Å². The van der Waals surface area contributed by atoms with E-state index in [-0.39, 0.29) is 40.6 Å². The summed E-state index contributed by atoms with van der Waals surface area (Å²) in [7, 11) is 0. The largest absolute Gasteiger partial charge is 0.489 e. The number of ether oxygens (including phenoxy) is 2. The summed E-state index contributed by atoms with van der Waals surface area (Å²) >= 11 is 6.36. The highest BCUT2D eigenvalue weighted by molar-refractivity contribution is 6.31. The van der Waals surface area contributed by atoms with E-state index in [0.717, 1.165) is 29.9 Å². The molecule has 1 aromatic carbocycles. The zero-order chi connectivity index (χ0) is 23.7. The number of rotatable bonds is 2. The van der Waals surface area contributed by atoms with E-state index >= 15 is 4.39 Å². The van der Waals surface area contributed by atoms with Crippen LogP contribution in [0.15, 0.2) is 18.5 Å². The molecule has 3 unspecified atom stereocenters. The monoisotopic (exact) mass is 485 g/mol. The van der Waals surface area contributed by atoms with Crippen molar-refractivity contribution in [3.05, 3.63) is 51.9 Å². The van der Waals surface area contributed by atoms with Gasteiger partial charge in [-0.05, 0) is 39.2 Å². The maximum absolute atomic E-state index is 15.4. The highest BCUT2D eigenvalue weighted by atomic mass is 35.5. The number of hydrogen-bond donors (Lipinski definition) is 1. The molecule has 3 aliphatic rings. The van der Waals surface area contributed by atoms with E-state index in [1.807, 2.05) is 24.4 Å². The van der Waals surface area contributed by atoms with Crippen LogP contribution in [0, 0.1) is 12.7 Å². The number of nitrogen functional groups attached to an aromatic ring is 1. The summed E-state index contributed by atoms with van der Waals surface area (Å²) in [5.74, 6) is -0.0904. The third kappa shape index (κ3) is 3.25. The average Bonchev–Trinajstić information content (AvgIpc) is 3.33. The van der Waals surface area contributed by atoms with Gasteiger partial charge in [0.05, 0.1) is 29.0 Å². The number of imidazole rings is 1. The minimum Gasteiger partial charge on any atom is -0.489 e. The lowest BCUT2D eigenvalue weighted by atomic mass is 9.87. The fourth-order valence-corrected chi connectivity index (χ4v) is 5.82. The van der Waals surface area contributed by atoms with Crippen LogP contribution in [-0.2, 0) is 4.74 Å². The molecular formula is C24H25ClFN5O3. The Balaban J connectivity index is 1.49. The number of fused-ring (bicyclic) bond motifs is 4. The molecule has 2 aromatic heterocycles. The smallest absolute Gasteiger partial charge is 0.260 e. The summed E-state index contributed by atoms with van der Waals surface area (Å²) in [4.78, 5) is 24.3. The number of anilines is 1. The van der Waals surface area contributed by atoms with Crippen LogP contribution in [0.25, 0.3) is 5.52 Å². The fourth-order valence-electron chi connectivity index (χ4n) is 5.61. The van der Waals surface area contributed by atoms with Gasteiger partial charge in [0.15, 0.2) is 5.82 Å². The first-order valence-electron chi connectivity index (χ1n) is 11.5. The van der Waals surface area contributed by atoms with Crippen LogP contribution in [0.3, 0.4) is 0 Å². The second-order valence-corrected chi connectivity index (χ2v) is 9.84. The highest BCUT2D eigenvalue weighted by Gasteiger charge is 2.41. The maximum atomic E-state index is 15.4. The number of likely N-dealkylation sites (tertiary alicyclic amines) is 1. The summed E-state index contributed by atoms with van der Waals surface area (Å²) in [6.07, 6.45) is 5.55. The third-order valence-electron chi connectivity index (χ3n) is 7.10. The van der Waals surface area contributed by atoms with Crippen molar-refractivity contribution in [2.75, 3.05) is 18.8 Å². The van der Waals surface area contributed by atoms with Crippen LogP contribution < -0.4 is 10.5 Å². The molecule has 3 aliphatic heterocycles. The first-order chi connectivity index (χ1) is 16.3. The van der Waals surface area contributed by atoms with Crippen LogP contribution in [0.4, 0.5) is 10.2 Å². The molecule has 3 aromatic rings. The lowest BCUT2D eigenvalue weighted by Crippen LogP contribution is -2.46. The van der Waals surface area contributed by atoms with E-state index in [1.54, 1.807) is 17.2 Å². The fraction of sp³-hybridized carbons (Fsp3) is 0.458. The Morgan fingerprint density at radius 1 is 1.29 bits per heavy atom. The quantitative estimate of drug-likeness (QED) is 0.594. The predicted octanol–water partition coefficient (Wildman–Crippen LogP) is 3.72. The van der Waals surface area contributed by atoms with Gasteiger partial charge < -0.3 is 20.1 Å². The molecular weight excluding hydrogens is 461 g/mol. The molecule has 10 heteroatoms. The number of aromatic nitrogens is 3. The maximum Gasteiger partial charge on any atom is 0.260 e. The Kier molecular flexibility index (Phi) is 4.97. The molecule has 2 N–H and O–H groups in total. The second kappa shape index (κ2) is 7.81. The highest BCUT2D eigenvalue weighted by Crippen LogP contribution is 2.46. The van der Waals surface area contributed by atoms with Crippen LogP contribution in [0.5, 0.6) is 5.75 Å². The lowest BCUT2D eigenvalue weighted by molar-refractivity contribution is -0.0306. The first kappa shape index (κ1) is 21.6. The van der Waals surface area contributed by atoms with Crippen molar-refractivity contribution in [3.8, 4) is 5.75 Å². The zero-order valence-electron chi connectivity index (χ0n) is 18.9. The summed E-state index contributed by atoms with van der Waals surface area (Å²) in [5, 5.41) is -0.111. The number of hydrogen-bond acceptors (Lipinski definition) is 6. The molecule has 0 aliphatic carbocycles. The van der Waals surface area contributed by atoms with Crippen molar-refractivity contribution in [1.82, 2.24) is 19.3 Å². The molecule has 34 heavy (non-hydrogen) atoms. The molecule has 8 nitrogen and oxygen atoms in total. The predicted molar refractivity (Wildman–Crippen MR) is 124 cm³/mol. The Hall–Kier alpha value is -2.91. The number of nitrogens with zero attached hydrogens (tertiary/aromatic N) is 4. The Labute approximate surface area is 200 Å². The zero-order valence-corrected chi connectivity index (χ0v) is 19.7. The molecule has 5 heterocycles. The molecule has 2 fully saturated rings. The molecule has 0 saturated carbocycles. The Morgan fingerprint density at radius 2 is 2.03 bits per heavy atom. The van der Waals surface area contributed by atoms with Crippen molar-refractivity contribution < 1.29 is 18.7 Å². The van der Waals surface area contributed by atoms with Crippen molar-refractivity contribution in [1.29, 1.82) is 0 Å². The molecule has 2 saturated heterocycles. The number of morpholine rings is 1. The van der Waals surface area contributed by atoms with E-state index in [0.29, 0.717) is 30.9 Å². The number of halogens is 2. The van der Waals surface area contributed by atoms with Crippen molar-refractivity contribution in [3.63, 3.8) is 0 Å². The SMILES string of the molecule is Cc1nc([C@H]2CC(C)Oc3c2cc(Cl)c(F)c3C(=O)N2CC3CCC(C2)O3)n2ccnc(N)c12. The van der Waals surface area contributed by atoms with Crippen LogP contribution >= 0.6 is 11.6 Å². The molecule has 2 bridgehead atoms. The number of aryl methyl sites for hydroxylation is 1. The van der Waals surface area contributed by atoms with E-state index in [9.17, 15) is 4.79 Å². The molecule has 1 amide bonds. The normalized spacial score (nSPS) is 25.9. The summed E-state index contributed by atoms with van der Waals surface area (Å²) in [6.45, 7) is 4.65. The van der Waals surface area contributed by atoms with Gasteiger partial charge in [0.2, 0.25) is 0 Å². The molecule has 178 valence electrons. The number of nitrogens with two attached hydrogens (primary N) is 1. The Bertz CT molecular complexity index is 1320. The number of carbonyl (C=O) groups excluding carboxylic acids is 1. The minimum atomic E-state index is -0.755. The van der Waals surface area contributed by atoms with Gasteiger partial charge >= 0.3 is 0 Å². The Morgan fingerprint density at radius 3 is 2.76 bits per heavy atom. The van der Waals surface area contributed by atoms with Crippen molar-refractivity contribution in [2.45, 2.75) is 57.3 Å². The number of benzene rings is 1. The lowest BCUT2D eigenvalue weighted by Gasteiger charge is -2.35. The standard InChI is InChI=1S/C24H25ClFN5O3/c1-11-7-16(23-29-12(2)20-22(27)28-5-6-31(20)23)15-8-17(25)19(26)18(21(15)33-11)24(32)30-9-13-3-4-14(10-30)34-13/h5-6,8,11,13-14,16H,3-4,7,9-10H2,1-2H3,(H2,27,28)/t11?,13?,14?,16-/m0/s1. The molecule has 6 rings (SSSR count). The summed E-state index contributed by atoms with van der Waals surface area (Å²) < 4.78 is 29.3. The number of carbonyl (C=O) groups is 1. The van der Waals surface area contributed by atoms with E-state index in [4.69, 9.17) is 31.8 Å². The number of amides is 1.